The van der Waals surface area contributed by atoms with Gasteiger partial charge in [-0.15, -0.1) is 0 Å². The Balaban J connectivity index is 1.43. The van der Waals surface area contributed by atoms with Crippen LogP contribution < -0.4 is 0 Å². The van der Waals surface area contributed by atoms with Crippen molar-refractivity contribution in [1.82, 2.24) is 9.99 Å². The molecule has 2 aromatic carbocycles. The number of ether oxygens (including phenoxy) is 1. The van der Waals surface area contributed by atoms with Gasteiger partial charge in [-0.25, -0.2) is 9.80 Å². The van der Waals surface area contributed by atoms with E-state index >= 15 is 0 Å². The van der Waals surface area contributed by atoms with Crippen LogP contribution in [0, 0.1) is 5.92 Å². The van der Waals surface area contributed by atoms with Crippen molar-refractivity contribution in [2.75, 3.05) is 6.61 Å². The third-order valence-electron chi connectivity index (χ3n) is 6.28. The van der Waals surface area contributed by atoms with Crippen molar-refractivity contribution in [2.45, 2.75) is 25.3 Å². The van der Waals surface area contributed by atoms with Crippen LogP contribution in [0.4, 0.5) is 0 Å². The highest BCUT2D eigenvalue weighted by atomic mass is 16.5. The zero-order valence-corrected chi connectivity index (χ0v) is 18.7. The number of benzene rings is 2. The van der Waals surface area contributed by atoms with Crippen molar-refractivity contribution < 1.29 is 14.3 Å². The lowest BCUT2D eigenvalue weighted by atomic mass is 9.77. The summed E-state index contributed by atoms with van der Waals surface area (Å²) in [7, 11) is 0. The second kappa shape index (κ2) is 9.83. The van der Waals surface area contributed by atoms with E-state index in [0.29, 0.717) is 5.56 Å². The normalized spacial score (nSPS) is 20.5. The second-order valence-electron chi connectivity index (χ2n) is 8.47. The molecule has 2 unspecified atom stereocenters. The maximum Gasteiger partial charge on any atom is 0.338 e. The smallest absolute Gasteiger partial charge is 0.338 e. The van der Waals surface area contributed by atoms with Crippen LogP contribution in [0.2, 0.25) is 0 Å². The number of amides is 1. The van der Waals surface area contributed by atoms with Gasteiger partial charge >= 0.3 is 5.97 Å². The highest BCUT2D eigenvalue weighted by molar-refractivity contribution is 6.08. The van der Waals surface area contributed by atoms with Crippen LogP contribution in [-0.4, -0.2) is 34.2 Å². The molecule has 1 aromatic heterocycles. The van der Waals surface area contributed by atoms with Crippen molar-refractivity contribution in [2.24, 2.45) is 11.0 Å². The zero-order chi connectivity index (χ0) is 23.3. The summed E-state index contributed by atoms with van der Waals surface area (Å²) in [5.41, 5.74) is 4.62. The third-order valence-corrected chi connectivity index (χ3v) is 6.28. The van der Waals surface area contributed by atoms with Crippen LogP contribution in [0.3, 0.4) is 0 Å². The van der Waals surface area contributed by atoms with Crippen LogP contribution >= 0.6 is 0 Å². The number of carbonyl (C=O) groups is 2. The number of hydrazone groups is 1. The first-order valence-corrected chi connectivity index (χ1v) is 11.5. The Bertz CT molecular complexity index is 1220. The van der Waals surface area contributed by atoms with Gasteiger partial charge in [0.2, 0.25) is 0 Å². The van der Waals surface area contributed by atoms with Crippen molar-refractivity contribution in [3.8, 4) is 0 Å². The van der Waals surface area contributed by atoms with Crippen molar-refractivity contribution in [3.63, 3.8) is 0 Å². The van der Waals surface area contributed by atoms with Crippen molar-refractivity contribution >= 4 is 23.7 Å². The van der Waals surface area contributed by atoms with E-state index in [1.807, 2.05) is 48.5 Å². The van der Waals surface area contributed by atoms with Gasteiger partial charge in [-0.2, -0.15) is 5.10 Å². The van der Waals surface area contributed by atoms with Gasteiger partial charge in [-0.3, -0.25) is 9.78 Å². The number of fused-ring (bicyclic) bond motifs is 1. The lowest BCUT2D eigenvalue weighted by Crippen LogP contribution is -2.34. The highest BCUT2D eigenvalue weighted by Gasteiger charge is 2.43. The summed E-state index contributed by atoms with van der Waals surface area (Å²) in [6.07, 6.45) is 8.11. The van der Waals surface area contributed by atoms with Gasteiger partial charge < -0.3 is 4.74 Å². The fraction of sp³-hybridized carbons (Fsp3) is 0.214. The lowest BCUT2D eigenvalue weighted by Gasteiger charge is -2.29. The standard InChI is InChI=1S/C28H25N3O3/c32-25(19-34-28(33)22-14-16-29-17-15-22)31-27(21-10-5-2-6-11-21)24-13-7-12-23(26(24)30-31)18-20-8-3-1-4-9-20/h1-6,8-11,14-18,24,27H,7,12-13,19H2. The Hall–Kier alpha value is -4.06. The molecule has 0 saturated heterocycles. The monoisotopic (exact) mass is 451 g/mol. The van der Waals surface area contributed by atoms with Crippen molar-refractivity contribution in [1.29, 1.82) is 0 Å². The molecular formula is C28H25N3O3. The topological polar surface area (TPSA) is 71.9 Å². The first kappa shape index (κ1) is 21.8. The molecule has 6 nitrogen and oxygen atoms in total. The molecule has 1 aliphatic carbocycles. The Labute approximate surface area is 198 Å². The quantitative estimate of drug-likeness (QED) is 0.508. The van der Waals surface area contributed by atoms with Crippen LogP contribution in [0.15, 0.2) is 95.9 Å². The average molecular weight is 452 g/mol. The summed E-state index contributed by atoms with van der Waals surface area (Å²) in [4.78, 5) is 29.5. The van der Waals surface area contributed by atoms with E-state index in [2.05, 4.69) is 23.2 Å². The van der Waals surface area contributed by atoms with Crippen LogP contribution in [0.1, 0.15) is 46.8 Å². The number of aromatic nitrogens is 1. The fourth-order valence-electron chi connectivity index (χ4n) is 4.71. The fourth-order valence-corrected chi connectivity index (χ4v) is 4.71. The Morgan fingerprint density at radius 3 is 2.41 bits per heavy atom. The minimum atomic E-state index is -0.555. The molecule has 0 N–H and O–H groups in total. The van der Waals surface area contributed by atoms with Gasteiger partial charge in [0.05, 0.1) is 17.3 Å². The van der Waals surface area contributed by atoms with Crippen LogP contribution in [-0.2, 0) is 9.53 Å². The molecule has 2 atom stereocenters. The van der Waals surface area contributed by atoms with E-state index in [4.69, 9.17) is 9.84 Å². The zero-order valence-electron chi connectivity index (χ0n) is 18.7. The van der Waals surface area contributed by atoms with E-state index in [-0.39, 0.29) is 24.5 Å². The maximum absolute atomic E-state index is 13.3. The maximum atomic E-state index is 13.3. The van der Waals surface area contributed by atoms with Crippen LogP contribution in [0.25, 0.3) is 6.08 Å². The number of rotatable bonds is 5. The van der Waals surface area contributed by atoms with Gasteiger partial charge in [0.15, 0.2) is 6.61 Å². The number of carbonyl (C=O) groups excluding carboxylic acids is 2. The molecule has 5 rings (SSSR count). The molecule has 34 heavy (non-hydrogen) atoms. The van der Waals surface area contributed by atoms with Gasteiger partial charge in [-0.05, 0) is 54.2 Å². The highest BCUT2D eigenvalue weighted by Crippen LogP contribution is 2.44. The molecule has 1 amide bonds. The lowest BCUT2D eigenvalue weighted by molar-refractivity contribution is -0.137. The number of esters is 1. The number of hydrogen-bond acceptors (Lipinski definition) is 5. The molecule has 1 aliphatic heterocycles. The molecule has 0 bridgehead atoms. The molecule has 2 heterocycles. The molecule has 170 valence electrons. The summed E-state index contributed by atoms with van der Waals surface area (Å²) >= 11 is 0. The summed E-state index contributed by atoms with van der Waals surface area (Å²) in [5, 5.41) is 6.35. The molecule has 0 spiro atoms. The molecule has 1 fully saturated rings. The SMILES string of the molecule is O=C(OCC(=O)N1N=C2C(=Cc3ccccc3)CCCC2C1c1ccccc1)c1ccncc1. The molecule has 1 saturated carbocycles. The number of pyridine rings is 1. The number of allylic oxidation sites excluding steroid dienone is 1. The van der Waals surface area contributed by atoms with E-state index in [9.17, 15) is 9.59 Å². The Morgan fingerprint density at radius 1 is 0.971 bits per heavy atom. The summed E-state index contributed by atoms with van der Waals surface area (Å²) in [5.74, 6) is -0.788. The first-order chi connectivity index (χ1) is 16.7. The molecular weight excluding hydrogens is 426 g/mol. The van der Waals surface area contributed by atoms with Crippen LogP contribution in [0.5, 0.6) is 0 Å². The predicted molar refractivity (Wildman–Crippen MR) is 130 cm³/mol. The molecule has 6 heteroatoms. The van der Waals surface area contributed by atoms with E-state index in [1.54, 1.807) is 12.1 Å². The van der Waals surface area contributed by atoms with Gasteiger partial charge in [-0.1, -0.05) is 60.7 Å². The molecule has 0 radical (unpaired) electrons. The Morgan fingerprint density at radius 2 is 1.68 bits per heavy atom. The largest absolute Gasteiger partial charge is 0.452 e. The first-order valence-electron chi connectivity index (χ1n) is 11.5. The summed E-state index contributed by atoms with van der Waals surface area (Å²) < 4.78 is 5.32. The van der Waals surface area contributed by atoms with Crippen molar-refractivity contribution in [3.05, 3.63) is 107 Å². The average Bonchev–Trinajstić information content (AvgIpc) is 3.29. The van der Waals surface area contributed by atoms with E-state index in [1.165, 1.54) is 17.4 Å². The molecule has 3 aromatic rings. The number of nitrogens with zero attached hydrogens (tertiary/aromatic N) is 3. The summed E-state index contributed by atoms with van der Waals surface area (Å²) in [6, 6.07) is 23.0. The van der Waals surface area contributed by atoms with Gasteiger partial charge in [0.25, 0.3) is 5.91 Å². The Kier molecular flexibility index (Phi) is 6.29. The minimum Gasteiger partial charge on any atom is -0.452 e. The number of hydrogen-bond donors (Lipinski definition) is 0. The third kappa shape index (κ3) is 4.53. The van der Waals surface area contributed by atoms with E-state index in [0.717, 1.165) is 41.7 Å². The predicted octanol–water partition coefficient (Wildman–Crippen LogP) is 5.06. The van der Waals surface area contributed by atoms with Gasteiger partial charge in [0, 0.05) is 18.3 Å². The second-order valence-corrected chi connectivity index (χ2v) is 8.47. The van der Waals surface area contributed by atoms with E-state index < -0.39 is 5.97 Å². The minimum absolute atomic E-state index is 0.103. The van der Waals surface area contributed by atoms with Gasteiger partial charge in [0.1, 0.15) is 0 Å². The molecule has 2 aliphatic rings. The summed E-state index contributed by atoms with van der Waals surface area (Å²) in [6.45, 7) is -0.369.